The zero-order chi connectivity index (χ0) is 13.1. The van der Waals surface area contributed by atoms with Gasteiger partial charge in [-0.3, -0.25) is 0 Å². The predicted octanol–water partition coefficient (Wildman–Crippen LogP) is 2.18. The molecule has 0 saturated carbocycles. The quantitative estimate of drug-likeness (QED) is 0.779. The van der Waals surface area contributed by atoms with E-state index in [-0.39, 0.29) is 5.82 Å². The molecule has 0 spiro atoms. The normalized spacial score (nSPS) is 13.4. The number of fused-ring (bicyclic) bond motifs is 1. The van der Waals surface area contributed by atoms with E-state index >= 15 is 0 Å². The van der Waals surface area contributed by atoms with E-state index in [1.54, 1.807) is 12.3 Å². The lowest BCUT2D eigenvalue weighted by Crippen LogP contribution is -1.97. The van der Waals surface area contributed by atoms with Gasteiger partial charge in [-0.25, -0.2) is 9.97 Å². The number of hydrogen-bond donors (Lipinski definition) is 0. The Bertz CT molecular complexity index is 649. The van der Waals surface area contributed by atoms with Crippen LogP contribution in [0.15, 0.2) is 30.5 Å². The Hall–Kier alpha value is -2.61. The first-order chi connectivity index (χ1) is 9.36. The molecule has 0 unspecified atom stereocenters. The van der Waals surface area contributed by atoms with Gasteiger partial charge in [-0.2, -0.15) is 5.26 Å². The first-order valence-corrected chi connectivity index (χ1v) is 6.00. The highest BCUT2D eigenvalue weighted by molar-refractivity contribution is 5.64. The molecule has 0 N–H and O–H groups in total. The first-order valence-electron chi connectivity index (χ1n) is 6.00. The molecule has 0 saturated heterocycles. The minimum absolute atomic E-state index is 0.157. The number of aromatic nitrogens is 2. The Labute approximate surface area is 110 Å². The average Bonchev–Trinajstić information content (AvgIpc) is 2.71. The van der Waals surface area contributed by atoms with E-state index in [4.69, 9.17) is 14.7 Å². The van der Waals surface area contributed by atoms with Gasteiger partial charge in [0, 0.05) is 18.2 Å². The zero-order valence-corrected chi connectivity index (χ0v) is 10.2. The molecule has 0 aliphatic carbocycles. The molecule has 1 aromatic heterocycles. The topological polar surface area (TPSA) is 68.0 Å². The van der Waals surface area contributed by atoms with Crippen LogP contribution in [0.5, 0.6) is 11.5 Å². The van der Waals surface area contributed by atoms with Crippen molar-refractivity contribution in [3.8, 4) is 28.8 Å². The highest BCUT2D eigenvalue weighted by Gasteiger charge is 2.12. The van der Waals surface area contributed by atoms with Gasteiger partial charge < -0.3 is 9.47 Å². The van der Waals surface area contributed by atoms with Gasteiger partial charge >= 0.3 is 0 Å². The van der Waals surface area contributed by atoms with Crippen LogP contribution in [0, 0.1) is 11.3 Å². The van der Waals surface area contributed by atoms with Gasteiger partial charge in [0.2, 0.25) is 5.82 Å². The molecule has 0 bridgehead atoms. The summed E-state index contributed by atoms with van der Waals surface area (Å²) in [5.41, 5.74) is 1.57. The molecule has 1 aliphatic rings. The fourth-order valence-electron chi connectivity index (χ4n) is 1.90. The molecule has 0 atom stereocenters. The summed E-state index contributed by atoms with van der Waals surface area (Å²) in [5, 5.41) is 8.82. The Kier molecular flexibility index (Phi) is 2.99. The van der Waals surface area contributed by atoms with Gasteiger partial charge in [-0.05, 0) is 24.3 Å². The number of hydrogen-bond acceptors (Lipinski definition) is 5. The highest BCUT2D eigenvalue weighted by Crippen LogP contribution is 2.33. The van der Waals surface area contributed by atoms with E-state index in [0.29, 0.717) is 24.7 Å². The standard InChI is InChI=1S/C14H11N3O2/c15-9-14-16-5-4-11(17-14)10-2-3-12-13(8-10)19-7-1-6-18-12/h2-5,8H,1,6-7H2. The van der Waals surface area contributed by atoms with Crippen LogP contribution in [0.4, 0.5) is 0 Å². The number of rotatable bonds is 1. The largest absolute Gasteiger partial charge is 0.490 e. The molecule has 5 heteroatoms. The molecule has 1 aromatic carbocycles. The van der Waals surface area contributed by atoms with Crippen molar-refractivity contribution in [2.75, 3.05) is 13.2 Å². The summed E-state index contributed by atoms with van der Waals surface area (Å²) < 4.78 is 11.2. The third kappa shape index (κ3) is 2.33. The van der Waals surface area contributed by atoms with Crippen molar-refractivity contribution >= 4 is 0 Å². The summed E-state index contributed by atoms with van der Waals surface area (Å²) >= 11 is 0. The summed E-state index contributed by atoms with van der Waals surface area (Å²) in [6.07, 6.45) is 2.44. The second-order valence-corrected chi connectivity index (χ2v) is 4.09. The van der Waals surface area contributed by atoms with Crippen LogP contribution in [-0.4, -0.2) is 23.2 Å². The second-order valence-electron chi connectivity index (χ2n) is 4.09. The summed E-state index contributed by atoms with van der Waals surface area (Å²) in [6, 6.07) is 9.34. The summed E-state index contributed by atoms with van der Waals surface area (Å²) in [5.74, 6) is 1.62. The molecule has 0 amide bonds. The molecule has 0 radical (unpaired) electrons. The van der Waals surface area contributed by atoms with E-state index in [1.165, 1.54) is 0 Å². The summed E-state index contributed by atoms with van der Waals surface area (Å²) in [6.45, 7) is 1.31. The first kappa shape index (κ1) is 11.5. The minimum Gasteiger partial charge on any atom is -0.490 e. The maximum atomic E-state index is 8.82. The van der Waals surface area contributed by atoms with Gasteiger partial charge in [0.1, 0.15) is 6.07 Å². The third-order valence-corrected chi connectivity index (χ3v) is 2.80. The number of nitriles is 1. The monoisotopic (exact) mass is 253 g/mol. The van der Waals surface area contributed by atoms with Crippen molar-refractivity contribution in [3.63, 3.8) is 0 Å². The number of benzene rings is 1. The Morgan fingerprint density at radius 1 is 1.11 bits per heavy atom. The molecule has 2 heterocycles. The van der Waals surface area contributed by atoms with E-state index in [9.17, 15) is 0 Å². The van der Waals surface area contributed by atoms with Crippen molar-refractivity contribution < 1.29 is 9.47 Å². The van der Waals surface area contributed by atoms with E-state index in [2.05, 4.69) is 9.97 Å². The van der Waals surface area contributed by atoms with E-state index in [1.807, 2.05) is 24.3 Å². The lowest BCUT2D eigenvalue weighted by molar-refractivity contribution is 0.297. The fraction of sp³-hybridized carbons (Fsp3) is 0.214. The molecule has 5 nitrogen and oxygen atoms in total. The fourth-order valence-corrected chi connectivity index (χ4v) is 1.90. The smallest absolute Gasteiger partial charge is 0.232 e. The Balaban J connectivity index is 2.01. The van der Waals surface area contributed by atoms with Crippen molar-refractivity contribution in [2.45, 2.75) is 6.42 Å². The van der Waals surface area contributed by atoms with Crippen LogP contribution in [0.25, 0.3) is 11.3 Å². The van der Waals surface area contributed by atoms with Crippen molar-refractivity contribution in [1.82, 2.24) is 9.97 Å². The lowest BCUT2D eigenvalue weighted by atomic mass is 10.1. The van der Waals surface area contributed by atoms with Gasteiger partial charge in [-0.15, -0.1) is 0 Å². The summed E-state index contributed by atoms with van der Waals surface area (Å²) in [7, 11) is 0. The number of ether oxygens (including phenoxy) is 2. The average molecular weight is 253 g/mol. The number of nitrogens with zero attached hydrogens (tertiary/aromatic N) is 3. The van der Waals surface area contributed by atoms with Crippen LogP contribution in [-0.2, 0) is 0 Å². The lowest BCUT2D eigenvalue weighted by Gasteiger charge is -2.08. The molecule has 1 aliphatic heterocycles. The minimum atomic E-state index is 0.157. The Morgan fingerprint density at radius 2 is 1.95 bits per heavy atom. The van der Waals surface area contributed by atoms with Gasteiger partial charge in [0.15, 0.2) is 11.5 Å². The van der Waals surface area contributed by atoms with Gasteiger partial charge in [-0.1, -0.05) is 0 Å². The second kappa shape index (κ2) is 4.94. The summed E-state index contributed by atoms with van der Waals surface area (Å²) in [4.78, 5) is 8.02. The van der Waals surface area contributed by atoms with E-state index < -0.39 is 0 Å². The van der Waals surface area contributed by atoms with E-state index in [0.717, 1.165) is 17.7 Å². The maximum absolute atomic E-state index is 8.82. The van der Waals surface area contributed by atoms with Crippen LogP contribution in [0.1, 0.15) is 12.2 Å². The van der Waals surface area contributed by atoms with Crippen LogP contribution in [0.2, 0.25) is 0 Å². The van der Waals surface area contributed by atoms with Crippen molar-refractivity contribution in [3.05, 3.63) is 36.3 Å². The molecular formula is C14H11N3O2. The van der Waals surface area contributed by atoms with Gasteiger partial charge in [0.25, 0.3) is 0 Å². The molecular weight excluding hydrogens is 242 g/mol. The predicted molar refractivity (Wildman–Crippen MR) is 67.8 cm³/mol. The van der Waals surface area contributed by atoms with Crippen LogP contribution in [0.3, 0.4) is 0 Å². The Morgan fingerprint density at radius 3 is 2.79 bits per heavy atom. The molecule has 19 heavy (non-hydrogen) atoms. The third-order valence-electron chi connectivity index (χ3n) is 2.80. The SMILES string of the molecule is N#Cc1nccc(-c2ccc3c(c2)OCCCO3)n1. The van der Waals surface area contributed by atoms with Crippen molar-refractivity contribution in [1.29, 1.82) is 5.26 Å². The van der Waals surface area contributed by atoms with Crippen molar-refractivity contribution in [2.24, 2.45) is 0 Å². The zero-order valence-electron chi connectivity index (χ0n) is 10.2. The highest BCUT2D eigenvalue weighted by atomic mass is 16.5. The molecule has 3 rings (SSSR count). The molecule has 0 fully saturated rings. The molecule has 2 aromatic rings. The maximum Gasteiger partial charge on any atom is 0.232 e. The van der Waals surface area contributed by atoms with Crippen LogP contribution >= 0.6 is 0 Å². The van der Waals surface area contributed by atoms with Crippen LogP contribution < -0.4 is 9.47 Å². The van der Waals surface area contributed by atoms with Gasteiger partial charge in [0.05, 0.1) is 18.9 Å². The molecule has 94 valence electrons.